The molecule has 0 heterocycles. The fraction of sp³-hybridized carbons (Fsp3) is 1.00. The summed E-state index contributed by atoms with van der Waals surface area (Å²) in [7, 11) is 0. The van der Waals surface area contributed by atoms with E-state index in [1.54, 1.807) is 0 Å². The average Bonchev–Trinajstić information content (AvgIpc) is 2.42. The molecule has 0 aromatic heterocycles. The van der Waals surface area contributed by atoms with Crippen molar-refractivity contribution in [3.05, 3.63) is 0 Å². The van der Waals surface area contributed by atoms with Gasteiger partial charge in [0.15, 0.2) is 0 Å². The molecule has 0 amide bonds. The second-order valence-electron chi connectivity index (χ2n) is 6.60. The molecule has 2 nitrogen and oxygen atoms in total. The summed E-state index contributed by atoms with van der Waals surface area (Å²) in [5.74, 6) is 0. The van der Waals surface area contributed by atoms with Crippen LogP contribution in [0.3, 0.4) is 0 Å². The maximum atomic E-state index is 3.60. The Balaban J connectivity index is 3.09. The molecule has 0 saturated heterocycles. The van der Waals surface area contributed by atoms with Gasteiger partial charge in [-0.15, -0.1) is 0 Å². The molecule has 2 N–H and O–H groups in total. The summed E-state index contributed by atoms with van der Waals surface area (Å²) in [5, 5.41) is 7.07. The van der Waals surface area contributed by atoms with E-state index in [1.807, 2.05) is 0 Å². The van der Waals surface area contributed by atoms with Gasteiger partial charge in [-0.05, 0) is 19.9 Å². The van der Waals surface area contributed by atoms with Crippen molar-refractivity contribution in [2.45, 2.75) is 104 Å². The van der Waals surface area contributed by atoms with Gasteiger partial charge in [-0.1, -0.05) is 78.6 Å². The Morgan fingerprint density at radius 3 is 1.65 bits per heavy atom. The minimum absolute atomic E-state index is 0.593. The lowest BCUT2D eigenvalue weighted by molar-refractivity contribution is 0.462. The SMILES string of the molecule is CCCCCCCCCCCCNC(C)CNC(C)C. The van der Waals surface area contributed by atoms with Gasteiger partial charge < -0.3 is 10.6 Å². The number of hydrogen-bond donors (Lipinski definition) is 2. The van der Waals surface area contributed by atoms with Gasteiger partial charge in [0.2, 0.25) is 0 Å². The van der Waals surface area contributed by atoms with Gasteiger partial charge >= 0.3 is 0 Å². The Hall–Kier alpha value is -0.0800. The fourth-order valence-corrected chi connectivity index (χ4v) is 2.45. The predicted molar refractivity (Wildman–Crippen MR) is 92.4 cm³/mol. The molecule has 0 aliphatic carbocycles. The molecule has 1 atom stereocenters. The first kappa shape index (κ1) is 19.9. The van der Waals surface area contributed by atoms with Crippen LogP contribution < -0.4 is 10.6 Å². The van der Waals surface area contributed by atoms with E-state index >= 15 is 0 Å². The molecule has 0 fully saturated rings. The topological polar surface area (TPSA) is 24.1 Å². The Kier molecular flexibility index (Phi) is 15.3. The average molecular weight is 285 g/mol. The zero-order valence-corrected chi connectivity index (χ0v) is 14.6. The van der Waals surface area contributed by atoms with Crippen LogP contribution >= 0.6 is 0 Å². The number of hydrogen-bond acceptors (Lipinski definition) is 2. The molecule has 2 heteroatoms. The van der Waals surface area contributed by atoms with E-state index in [-0.39, 0.29) is 0 Å². The van der Waals surface area contributed by atoms with Crippen molar-refractivity contribution in [1.82, 2.24) is 10.6 Å². The van der Waals surface area contributed by atoms with Gasteiger partial charge in [-0.25, -0.2) is 0 Å². The molecule has 0 rings (SSSR count). The van der Waals surface area contributed by atoms with Crippen LogP contribution in [0.1, 0.15) is 91.9 Å². The van der Waals surface area contributed by atoms with E-state index in [4.69, 9.17) is 0 Å². The van der Waals surface area contributed by atoms with Crippen molar-refractivity contribution in [3.63, 3.8) is 0 Å². The Morgan fingerprint density at radius 1 is 0.650 bits per heavy atom. The summed E-state index contributed by atoms with van der Waals surface area (Å²) in [6, 6.07) is 1.19. The van der Waals surface area contributed by atoms with Crippen LogP contribution in [0.2, 0.25) is 0 Å². The highest BCUT2D eigenvalue weighted by Crippen LogP contribution is 2.10. The summed E-state index contributed by atoms with van der Waals surface area (Å²) in [6.07, 6.45) is 14.2. The van der Waals surface area contributed by atoms with E-state index in [1.165, 1.54) is 70.8 Å². The maximum absolute atomic E-state index is 3.60. The van der Waals surface area contributed by atoms with Crippen molar-refractivity contribution >= 4 is 0 Å². The third-order valence-electron chi connectivity index (χ3n) is 3.86. The number of rotatable bonds is 15. The highest BCUT2D eigenvalue weighted by molar-refractivity contribution is 4.65. The van der Waals surface area contributed by atoms with Crippen LogP contribution in [0.5, 0.6) is 0 Å². The van der Waals surface area contributed by atoms with Gasteiger partial charge in [0.1, 0.15) is 0 Å². The van der Waals surface area contributed by atoms with Crippen molar-refractivity contribution in [2.75, 3.05) is 13.1 Å². The van der Waals surface area contributed by atoms with E-state index in [0.717, 1.165) is 6.54 Å². The molecule has 0 aromatic rings. The molecular formula is C18H40N2. The normalized spacial score (nSPS) is 13.1. The first-order valence-electron chi connectivity index (χ1n) is 9.13. The van der Waals surface area contributed by atoms with Crippen molar-refractivity contribution in [1.29, 1.82) is 0 Å². The molecule has 0 radical (unpaired) electrons. The highest BCUT2D eigenvalue weighted by Gasteiger charge is 2.01. The van der Waals surface area contributed by atoms with E-state index < -0.39 is 0 Å². The largest absolute Gasteiger partial charge is 0.313 e. The van der Waals surface area contributed by atoms with Crippen LogP contribution in [0.15, 0.2) is 0 Å². The molecule has 0 aromatic carbocycles. The maximum Gasteiger partial charge on any atom is 0.0164 e. The summed E-state index contributed by atoms with van der Waals surface area (Å²) < 4.78 is 0. The summed E-state index contributed by atoms with van der Waals surface area (Å²) in [5.41, 5.74) is 0. The van der Waals surface area contributed by atoms with Crippen LogP contribution in [-0.2, 0) is 0 Å². The predicted octanol–water partition coefficient (Wildman–Crippen LogP) is 4.88. The zero-order chi connectivity index (χ0) is 15.1. The molecular weight excluding hydrogens is 244 g/mol. The van der Waals surface area contributed by atoms with Gasteiger partial charge in [0.05, 0.1) is 0 Å². The monoisotopic (exact) mass is 284 g/mol. The van der Waals surface area contributed by atoms with Crippen LogP contribution in [-0.4, -0.2) is 25.2 Å². The minimum Gasteiger partial charge on any atom is -0.313 e. The molecule has 0 aliphatic heterocycles. The Labute approximate surface area is 128 Å². The van der Waals surface area contributed by atoms with Gasteiger partial charge in [-0.2, -0.15) is 0 Å². The van der Waals surface area contributed by atoms with E-state index in [9.17, 15) is 0 Å². The highest BCUT2D eigenvalue weighted by atomic mass is 15.0. The minimum atomic E-state index is 0.593. The molecule has 20 heavy (non-hydrogen) atoms. The lowest BCUT2D eigenvalue weighted by atomic mass is 10.1. The standard InChI is InChI=1S/C18H40N2/c1-5-6-7-8-9-10-11-12-13-14-15-19-18(4)16-20-17(2)3/h17-20H,5-16H2,1-4H3. The molecule has 1 unspecified atom stereocenters. The number of unbranched alkanes of at least 4 members (excludes halogenated alkanes) is 9. The Bertz CT molecular complexity index is 180. The molecule has 0 bridgehead atoms. The Morgan fingerprint density at radius 2 is 1.15 bits per heavy atom. The van der Waals surface area contributed by atoms with Crippen LogP contribution in [0.25, 0.3) is 0 Å². The van der Waals surface area contributed by atoms with E-state index in [0.29, 0.717) is 12.1 Å². The first-order valence-corrected chi connectivity index (χ1v) is 9.13. The van der Waals surface area contributed by atoms with Crippen molar-refractivity contribution in [2.24, 2.45) is 0 Å². The summed E-state index contributed by atoms with van der Waals surface area (Å²) in [4.78, 5) is 0. The second-order valence-corrected chi connectivity index (χ2v) is 6.60. The van der Waals surface area contributed by atoms with Crippen molar-refractivity contribution in [3.8, 4) is 0 Å². The lowest BCUT2D eigenvalue weighted by Gasteiger charge is -2.16. The van der Waals surface area contributed by atoms with Crippen LogP contribution in [0, 0.1) is 0 Å². The fourth-order valence-electron chi connectivity index (χ4n) is 2.45. The third-order valence-corrected chi connectivity index (χ3v) is 3.86. The first-order chi connectivity index (χ1) is 9.66. The molecule has 122 valence electrons. The van der Waals surface area contributed by atoms with Gasteiger partial charge in [0, 0.05) is 18.6 Å². The van der Waals surface area contributed by atoms with Gasteiger partial charge in [-0.3, -0.25) is 0 Å². The zero-order valence-electron chi connectivity index (χ0n) is 14.6. The number of nitrogens with one attached hydrogen (secondary N) is 2. The summed E-state index contributed by atoms with van der Waals surface area (Å²) >= 11 is 0. The van der Waals surface area contributed by atoms with E-state index in [2.05, 4.69) is 38.3 Å². The van der Waals surface area contributed by atoms with Gasteiger partial charge in [0.25, 0.3) is 0 Å². The second kappa shape index (κ2) is 15.3. The van der Waals surface area contributed by atoms with Crippen LogP contribution in [0.4, 0.5) is 0 Å². The smallest absolute Gasteiger partial charge is 0.0164 e. The molecule has 0 aliphatic rings. The third kappa shape index (κ3) is 16.0. The summed E-state index contributed by atoms with van der Waals surface area (Å²) in [6.45, 7) is 11.2. The quantitative estimate of drug-likeness (QED) is 0.419. The lowest BCUT2D eigenvalue weighted by Crippen LogP contribution is -2.39. The van der Waals surface area contributed by atoms with Crippen molar-refractivity contribution < 1.29 is 0 Å². The molecule has 0 spiro atoms. The molecule has 0 saturated carbocycles.